The van der Waals surface area contributed by atoms with Gasteiger partial charge in [0, 0.05) is 5.56 Å². The van der Waals surface area contributed by atoms with E-state index in [9.17, 15) is 0 Å². The molecule has 3 nitrogen and oxygen atoms in total. The van der Waals surface area contributed by atoms with E-state index in [2.05, 4.69) is 23.5 Å². The van der Waals surface area contributed by atoms with E-state index in [-0.39, 0.29) is 6.23 Å². The monoisotopic (exact) mass is 244 g/mol. The van der Waals surface area contributed by atoms with Crippen molar-refractivity contribution in [2.24, 2.45) is 4.99 Å². The summed E-state index contributed by atoms with van der Waals surface area (Å²) in [6.45, 7) is 2.07. The SMILES string of the molecule is Cc1ccccc1C1=N[C@@H](c2cccs2)ON1. The molecule has 0 unspecified atom stereocenters. The Morgan fingerprint density at radius 1 is 1.24 bits per heavy atom. The van der Waals surface area contributed by atoms with Crippen LogP contribution >= 0.6 is 11.3 Å². The van der Waals surface area contributed by atoms with Gasteiger partial charge in [-0.2, -0.15) is 0 Å². The second-order valence-corrected chi connectivity index (χ2v) is 4.86. The molecule has 0 saturated heterocycles. The summed E-state index contributed by atoms with van der Waals surface area (Å²) in [5.74, 6) is 0.807. The maximum absolute atomic E-state index is 5.48. The first-order chi connectivity index (χ1) is 8.34. The molecule has 0 amide bonds. The van der Waals surface area contributed by atoms with Crippen molar-refractivity contribution < 1.29 is 4.84 Å². The van der Waals surface area contributed by atoms with Crippen LogP contribution in [0.5, 0.6) is 0 Å². The average molecular weight is 244 g/mol. The Kier molecular flexibility index (Phi) is 2.66. The molecule has 1 aromatic heterocycles. The molecule has 0 spiro atoms. The Morgan fingerprint density at radius 3 is 2.88 bits per heavy atom. The minimum atomic E-state index is -0.218. The van der Waals surface area contributed by atoms with Crippen molar-refractivity contribution in [3.05, 3.63) is 57.8 Å². The van der Waals surface area contributed by atoms with Gasteiger partial charge in [-0.25, -0.2) is 15.3 Å². The van der Waals surface area contributed by atoms with Gasteiger partial charge in [-0.1, -0.05) is 30.3 Å². The molecule has 0 radical (unpaired) electrons. The Balaban J connectivity index is 1.92. The van der Waals surface area contributed by atoms with Gasteiger partial charge in [0.15, 0.2) is 5.84 Å². The number of nitrogens with zero attached hydrogens (tertiary/aromatic N) is 1. The fraction of sp³-hybridized carbons (Fsp3) is 0.154. The van der Waals surface area contributed by atoms with Gasteiger partial charge in [-0.15, -0.1) is 11.3 Å². The summed E-state index contributed by atoms with van der Waals surface area (Å²) in [4.78, 5) is 11.1. The van der Waals surface area contributed by atoms with Crippen LogP contribution < -0.4 is 5.48 Å². The number of amidine groups is 1. The molecule has 1 aliphatic rings. The molecule has 1 aliphatic heterocycles. The van der Waals surface area contributed by atoms with Gasteiger partial charge in [0.1, 0.15) is 0 Å². The second kappa shape index (κ2) is 4.31. The Morgan fingerprint density at radius 2 is 2.12 bits per heavy atom. The van der Waals surface area contributed by atoms with Crippen molar-refractivity contribution in [3.63, 3.8) is 0 Å². The van der Waals surface area contributed by atoms with Crippen LogP contribution in [-0.4, -0.2) is 5.84 Å². The van der Waals surface area contributed by atoms with Gasteiger partial charge in [0.25, 0.3) is 0 Å². The minimum Gasteiger partial charge on any atom is -0.246 e. The van der Waals surface area contributed by atoms with Gasteiger partial charge in [-0.3, -0.25) is 0 Å². The van der Waals surface area contributed by atoms with Crippen LogP contribution in [0.1, 0.15) is 22.2 Å². The number of thiophene rings is 1. The first-order valence-electron chi connectivity index (χ1n) is 5.43. The van der Waals surface area contributed by atoms with Gasteiger partial charge in [0.05, 0.1) is 4.88 Å². The van der Waals surface area contributed by atoms with Gasteiger partial charge >= 0.3 is 0 Å². The third-order valence-electron chi connectivity index (χ3n) is 2.70. The largest absolute Gasteiger partial charge is 0.246 e. The maximum atomic E-state index is 5.48. The predicted octanol–water partition coefficient (Wildman–Crippen LogP) is 3.04. The molecule has 1 N–H and O–H groups in total. The average Bonchev–Trinajstić information content (AvgIpc) is 3.00. The van der Waals surface area contributed by atoms with Crippen LogP contribution in [-0.2, 0) is 4.84 Å². The maximum Gasteiger partial charge on any atom is 0.211 e. The lowest BCUT2D eigenvalue weighted by atomic mass is 10.1. The fourth-order valence-electron chi connectivity index (χ4n) is 1.80. The summed E-state index contributed by atoms with van der Waals surface area (Å²) in [5, 5.41) is 2.03. The van der Waals surface area contributed by atoms with E-state index in [1.807, 2.05) is 35.7 Å². The van der Waals surface area contributed by atoms with Gasteiger partial charge < -0.3 is 0 Å². The Bertz CT molecular complexity index is 548. The third-order valence-corrected chi connectivity index (χ3v) is 3.60. The Hall–Kier alpha value is -1.65. The fourth-order valence-corrected chi connectivity index (χ4v) is 2.49. The van der Waals surface area contributed by atoms with Crippen LogP contribution in [0.4, 0.5) is 0 Å². The highest BCUT2D eigenvalue weighted by atomic mass is 32.1. The molecular weight excluding hydrogens is 232 g/mol. The zero-order valence-corrected chi connectivity index (χ0v) is 10.2. The minimum absolute atomic E-state index is 0.218. The molecule has 86 valence electrons. The van der Waals surface area contributed by atoms with Crippen molar-refractivity contribution in [3.8, 4) is 0 Å². The normalized spacial score (nSPS) is 18.9. The number of nitrogens with one attached hydrogen (secondary N) is 1. The lowest BCUT2D eigenvalue weighted by molar-refractivity contribution is 0.0399. The van der Waals surface area contributed by atoms with Crippen LogP contribution in [0.15, 0.2) is 46.8 Å². The number of benzene rings is 1. The molecule has 3 rings (SSSR count). The van der Waals surface area contributed by atoms with Crippen molar-refractivity contribution in [2.45, 2.75) is 13.2 Å². The number of hydrogen-bond acceptors (Lipinski definition) is 4. The molecule has 0 bridgehead atoms. The van der Waals surface area contributed by atoms with Gasteiger partial charge in [0.2, 0.25) is 6.23 Å². The summed E-state index contributed by atoms with van der Waals surface area (Å²) >= 11 is 1.65. The smallest absolute Gasteiger partial charge is 0.211 e. The van der Waals surface area contributed by atoms with Crippen molar-refractivity contribution in [1.29, 1.82) is 0 Å². The highest BCUT2D eigenvalue weighted by Crippen LogP contribution is 2.27. The predicted molar refractivity (Wildman–Crippen MR) is 69.0 cm³/mol. The topological polar surface area (TPSA) is 33.6 Å². The lowest BCUT2D eigenvalue weighted by Crippen LogP contribution is -2.18. The summed E-state index contributed by atoms with van der Waals surface area (Å²) < 4.78 is 0. The van der Waals surface area contributed by atoms with E-state index < -0.39 is 0 Å². The lowest BCUT2D eigenvalue weighted by Gasteiger charge is -2.03. The van der Waals surface area contributed by atoms with E-state index in [0.717, 1.165) is 16.3 Å². The van der Waals surface area contributed by atoms with E-state index in [0.29, 0.717) is 0 Å². The van der Waals surface area contributed by atoms with E-state index in [4.69, 9.17) is 4.84 Å². The summed E-state index contributed by atoms with van der Waals surface area (Å²) in [6, 6.07) is 12.2. The first kappa shape index (κ1) is 10.5. The third kappa shape index (κ3) is 1.97. The molecule has 0 aliphatic carbocycles. The molecule has 4 heteroatoms. The summed E-state index contributed by atoms with van der Waals surface area (Å²) in [7, 11) is 0. The first-order valence-corrected chi connectivity index (χ1v) is 6.31. The summed E-state index contributed by atoms with van der Waals surface area (Å²) in [6.07, 6.45) is -0.218. The molecule has 0 fully saturated rings. The van der Waals surface area contributed by atoms with Crippen molar-refractivity contribution in [1.82, 2.24) is 5.48 Å². The number of aliphatic imine (C=N–C) groups is 1. The van der Waals surface area contributed by atoms with E-state index >= 15 is 0 Å². The Labute approximate surface area is 104 Å². The van der Waals surface area contributed by atoms with Crippen molar-refractivity contribution >= 4 is 17.2 Å². The van der Waals surface area contributed by atoms with Crippen LogP contribution in [0.25, 0.3) is 0 Å². The molecule has 2 heterocycles. The van der Waals surface area contributed by atoms with Gasteiger partial charge in [-0.05, 0) is 23.9 Å². The van der Waals surface area contributed by atoms with Crippen LogP contribution in [0.2, 0.25) is 0 Å². The van der Waals surface area contributed by atoms with Crippen LogP contribution in [0.3, 0.4) is 0 Å². The molecule has 1 atom stereocenters. The second-order valence-electron chi connectivity index (χ2n) is 3.88. The molecule has 0 saturated carbocycles. The quantitative estimate of drug-likeness (QED) is 0.881. The molecular formula is C13H12N2OS. The zero-order valence-electron chi connectivity index (χ0n) is 9.38. The van der Waals surface area contributed by atoms with E-state index in [1.54, 1.807) is 11.3 Å². The molecule has 17 heavy (non-hydrogen) atoms. The number of hydroxylamine groups is 1. The standard InChI is InChI=1S/C13H12N2OS/c1-9-5-2-3-6-10(9)12-14-13(16-15-12)11-7-4-8-17-11/h2-8,13H,1H3,(H,14,15)/t13-/m1/s1. The zero-order chi connectivity index (χ0) is 11.7. The number of aryl methyl sites for hydroxylation is 1. The highest BCUT2D eigenvalue weighted by molar-refractivity contribution is 7.10. The molecule has 2 aromatic rings. The van der Waals surface area contributed by atoms with Crippen molar-refractivity contribution in [2.75, 3.05) is 0 Å². The highest BCUT2D eigenvalue weighted by Gasteiger charge is 2.22. The number of hydrogen-bond donors (Lipinski definition) is 1. The van der Waals surface area contributed by atoms with E-state index in [1.165, 1.54) is 5.56 Å². The van der Waals surface area contributed by atoms with Crippen LogP contribution in [0, 0.1) is 6.92 Å². The molecule has 1 aromatic carbocycles. The summed E-state index contributed by atoms with van der Waals surface area (Å²) in [5.41, 5.74) is 5.19. The number of rotatable bonds is 2.